The number of hydrogen-bond acceptors (Lipinski definition) is 4. The largest absolute Gasteiger partial charge is 0.466 e. The molecule has 1 rings (SSSR count). The van der Waals surface area contributed by atoms with Crippen LogP contribution in [0.15, 0.2) is 28.7 Å². The fourth-order valence-corrected chi connectivity index (χ4v) is 2.31. The number of esters is 2. The van der Waals surface area contributed by atoms with E-state index in [9.17, 15) is 9.59 Å². The van der Waals surface area contributed by atoms with Crippen LogP contribution in [0.2, 0.25) is 0 Å². The smallest absolute Gasteiger partial charge is 0.305 e. The van der Waals surface area contributed by atoms with Gasteiger partial charge in [-0.25, -0.2) is 0 Å². The molecule has 5 heteroatoms. The molecule has 0 atom stereocenters. The van der Waals surface area contributed by atoms with Crippen LogP contribution in [0.3, 0.4) is 0 Å². The van der Waals surface area contributed by atoms with Crippen molar-refractivity contribution in [2.45, 2.75) is 45.4 Å². The molecule has 0 heterocycles. The van der Waals surface area contributed by atoms with Crippen LogP contribution < -0.4 is 0 Å². The lowest BCUT2D eigenvalue weighted by Gasteiger charge is -2.06. The molecule has 0 fully saturated rings. The number of halogens is 1. The van der Waals surface area contributed by atoms with Crippen molar-refractivity contribution < 1.29 is 19.1 Å². The Hall–Kier alpha value is -1.36. The van der Waals surface area contributed by atoms with E-state index in [-0.39, 0.29) is 24.8 Å². The zero-order valence-electron chi connectivity index (χ0n) is 13.0. The summed E-state index contributed by atoms with van der Waals surface area (Å²) in [4.78, 5) is 22.9. The maximum absolute atomic E-state index is 11.6. The van der Waals surface area contributed by atoms with Gasteiger partial charge in [-0.1, -0.05) is 47.5 Å². The second kappa shape index (κ2) is 11.2. The Labute approximate surface area is 140 Å². The second-order valence-electron chi connectivity index (χ2n) is 4.99. The molecular weight excluding hydrogens is 348 g/mol. The van der Waals surface area contributed by atoms with Gasteiger partial charge >= 0.3 is 11.9 Å². The van der Waals surface area contributed by atoms with Gasteiger partial charge in [0, 0.05) is 23.7 Å². The van der Waals surface area contributed by atoms with Gasteiger partial charge < -0.3 is 9.47 Å². The summed E-state index contributed by atoms with van der Waals surface area (Å²) < 4.78 is 11.2. The number of ether oxygens (including phenoxy) is 2. The van der Waals surface area contributed by atoms with E-state index in [2.05, 4.69) is 15.9 Å². The van der Waals surface area contributed by atoms with E-state index < -0.39 is 0 Å². The van der Waals surface area contributed by atoms with Crippen LogP contribution in [0.5, 0.6) is 0 Å². The molecule has 4 nitrogen and oxygen atoms in total. The molecule has 0 spiro atoms. The fraction of sp³-hybridized carbons (Fsp3) is 0.529. The number of carbonyl (C=O) groups is 2. The van der Waals surface area contributed by atoms with Crippen molar-refractivity contribution in [3.63, 3.8) is 0 Å². The standard InChI is InChI=1S/C17H23BrO4/c1-2-3-12-21-16(19)9-6-10-17(20)22-13-11-14-7-4-5-8-15(14)18/h4-5,7-8H,2-3,6,9-13H2,1H3. The van der Waals surface area contributed by atoms with E-state index >= 15 is 0 Å². The first-order valence-electron chi connectivity index (χ1n) is 7.68. The van der Waals surface area contributed by atoms with Gasteiger partial charge in [0.15, 0.2) is 0 Å². The monoisotopic (exact) mass is 370 g/mol. The van der Waals surface area contributed by atoms with E-state index in [4.69, 9.17) is 9.47 Å². The van der Waals surface area contributed by atoms with Gasteiger partial charge in [0.05, 0.1) is 13.2 Å². The highest BCUT2D eigenvalue weighted by molar-refractivity contribution is 9.10. The van der Waals surface area contributed by atoms with Gasteiger partial charge in [0.25, 0.3) is 0 Å². The predicted molar refractivity (Wildman–Crippen MR) is 88.5 cm³/mol. The van der Waals surface area contributed by atoms with Crippen molar-refractivity contribution in [1.29, 1.82) is 0 Å². The fourth-order valence-electron chi connectivity index (χ4n) is 1.83. The average molecular weight is 371 g/mol. The Morgan fingerprint density at radius 1 is 1.00 bits per heavy atom. The van der Waals surface area contributed by atoms with Crippen molar-refractivity contribution in [2.24, 2.45) is 0 Å². The molecule has 0 saturated heterocycles. The zero-order valence-corrected chi connectivity index (χ0v) is 14.6. The van der Waals surface area contributed by atoms with Crippen LogP contribution in [0.25, 0.3) is 0 Å². The molecule has 122 valence electrons. The number of carbonyl (C=O) groups excluding carboxylic acids is 2. The minimum Gasteiger partial charge on any atom is -0.466 e. The quantitative estimate of drug-likeness (QED) is 0.460. The molecule has 22 heavy (non-hydrogen) atoms. The van der Waals surface area contributed by atoms with E-state index in [1.54, 1.807) is 0 Å². The summed E-state index contributed by atoms with van der Waals surface area (Å²) in [5, 5.41) is 0. The van der Waals surface area contributed by atoms with Crippen LogP contribution in [0.1, 0.15) is 44.6 Å². The van der Waals surface area contributed by atoms with Crippen LogP contribution in [0.4, 0.5) is 0 Å². The van der Waals surface area contributed by atoms with Crippen molar-refractivity contribution >= 4 is 27.9 Å². The van der Waals surface area contributed by atoms with Gasteiger partial charge in [-0.3, -0.25) is 9.59 Å². The SMILES string of the molecule is CCCCOC(=O)CCCC(=O)OCCc1ccccc1Br. The minimum absolute atomic E-state index is 0.241. The molecule has 0 amide bonds. The molecule has 0 bridgehead atoms. The molecule has 0 aliphatic carbocycles. The van der Waals surface area contributed by atoms with Gasteiger partial charge in [-0.15, -0.1) is 0 Å². The normalized spacial score (nSPS) is 10.3. The third-order valence-electron chi connectivity index (χ3n) is 3.12. The summed E-state index contributed by atoms with van der Waals surface area (Å²) in [5.74, 6) is -0.511. The summed E-state index contributed by atoms with van der Waals surface area (Å²) in [6, 6.07) is 7.84. The van der Waals surface area contributed by atoms with Crippen LogP contribution in [0, 0.1) is 0 Å². The summed E-state index contributed by atoms with van der Waals surface area (Å²) >= 11 is 3.46. The van der Waals surface area contributed by atoms with Crippen molar-refractivity contribution in [1.82, 2.24) is 0 Å². The van der Waals surface area contributed by atoms with Gasteiger partial charge in [0.2, 0.25) is 0 Å². The maximum Gasteiger partial charge on any atom is 0.305 e. The first-order valence-corrected chi connectivity index (χ1v) is 8.47. The summed E-state index contributed by atoms with van der Waals surface area (Å²) in [5.41, 5.74) is 1.11. The van der Waals surface area contributed by atoms with Gasteiger partial charge in [-0.05, 0) is 24.5 Å². The zero-order chi connectivity index (χ0) is 16.2. The Balaban J connectivity index is 2.09. The van der Waals surface area contributed by atoms with Crippen LogP contribution >= 0.6 is 15.9 Å². The van der Waals surface area contributed by atoms with Crippen LogP contribution in [-0.4, -0.2) is 25.2 Å². The molecule has 0 aromatic heterocycles. The van der Waals surface area contributed by atoms with E-state index in [1.807, 2.05) is 31.2 Å². The van der Waals surface area contributed by atoms with Crippen molar-refractivity contribution in [3.8, 4) is 0 Å². The second-order valence-corrected chi connectivity index (χ2v) is 5.84. The first-order chi connectivity index (χ1) is 10.6. The third kappa shape index (κ3) is 8.17. The Bertz CT molecular complexity index is 473. The molecule has 1 aromatic carbocycles. The molecular formula is C17H23BrO4. The predicted octanol–water partition coefficient (Wildman–Crippen LogP) is 4.05. The van der Waals surface area contributed by atoms with Crippen molar-refractivity contribution in [3.05, 3.63) is 34.3 Å². The number of unbranched alkanes of at least 4 members (excludes halogenated alkanes) is 1. The highest BCUT2D eigenvalue weighted by atomic mass is 79.9. The average Bonchev–Trinajstić information content (AvgIpc) is 2.49. The number of hydrogen-bond donors (Lipinski definition) is 0. The number of benzene rings is 1. The highest BCUT2D eigenvalue weighted by Crippen LogP contribution is 2.16. The summed E-state index contributed by atoms with van der Waals surface area (Å²) in [7, 11) is 0. The molecule has 0 saturated carbocycles. The summed E-state index contributed by atoms with van der Waals surface area (Å²) in [6.07, 6.45) is 3.53. The Morgan fingerprint density at radius 2 is 1.64 bits per heavy atom. The van der Waals surface area contributed by atoms with E-state index in [1.165, 1.54) is 0 Å². The molecule has 0 radical (unpaired) electrons. The lowest BCUT2D eigenvalue weighted by molar-refractivity contribution is -0.145. The Kier molecular flexibility index (Phi) is 9.55. The third-order valence-corrected chi connectivity index (χ3v) is 3.89. The highest BCUT2D eigenvalue weighted by Gasteiger charge is 2.07. The lowest BCUT2D eigenvalue weighted by Crippen LogP contribution is -2.10. The molecule has 0 N–H and O–H groups in total. The van der Waals surface area contributed by atoms with E-state index in [0.717, 1.165) is 22.9 Å². The minimum atomic E-state index is -0.270. The maximum atomic E-state index is 11.6. The van der Waals surface area contributed by atoms with E-state index in [0.29, 0.717) is 26.1 Å². The Morgan fingerprint density at radius 3 is 2.27 bits per heavy atom. The molecule has 0 aliphatic heterocycles. The van der Waals surface area contributed by atoms with Gasteiger partial charge in [-0.2, -0.15) is 0 Å². The van der Waals surface area contributed by atoms with Crippen LogP contribution in [-0.2, 0) is 25.5 Å². The number of rotatable bonds is 10. The molecule has 0 aliphatic rings. The summed E-state index contributed by atoms with van der Waals surface area (Å²) in [6.45, 7) is 2.85. The topological polar surface area (TPSA) is 52.6 Å². The van der Waals surface area contributed by atoms with Gasteiger partial charge in [0.1, 0.15) is 0 Å². The molecule has 0 unspecified atom stereocenters. The van der Waals surface area contributed by atoms with Crippen molar-refractivity contribution in [2.75, 3.05) is 13.2 Å². The lowest BCUT2D eigenvalue weighted by atomic mass is 10.2. The first kappa shape index (κ1) is 18.7. The molecule has 1 aromatic rings.